The third-order valence-electron chi connectivity index (χ3n) is 4.38. The lowest BCUT2D eigenvalue weighted by Gasteiger charge is -2.13. The predicted octanol–water partition coefficient (Wildman–Crippen LogP) is 3.65. The standard InChI is InChI=1S/C20H22N4O3S/c1-11-16(12(2)24(5)23-11)22-19(25)13(3)27-20(26)18-17(21-14(4)28-18)15-9-7-6-8-10-15/h6-10,13H,1-5H3,(H,22,25)/t13-/m1/s1. The van der Waals surface area contributed by atoms with E-state index in [2.05, 4.69) is 15.4 Å². The zero-order valence-electron chi connectivity index (χ0n) is 16.4. The summed E-state index contributed by atoms with van der Waals surface area (Å²) in [6.45, 7) is 7.05. The first-order valence-electron chi connectivity index (χ1n) is 8.82. The molecule has 3 aromatic rings. The number of aromatic nitrogens is 3. The zero-order valence-corrected chi connectivity index (χ0v) is 17.3. The van der Waals surface area contributed by atoms with Crippen LogP contribution in [0.1, 0.15) is 33.0 Å². The van der Waals surface area contributed by atoms with Crippen LogP contribution in [0, 0.1) is 20.8 Å². The Morgan fingerprint density at radius 1 is 1.18 bits per heavy atom. The van der Waals surface area contributed by atoms with Gasteiger partial charge in [-0.1, -0.05) is 30.3 Å². The van der Waals surface area contributed by atoms with Crippen molar-refractivity contribution in [2.75, 3.05) is 5.32 Å². The van der Waals surface area contributed by atoms with E-state index < -0.39 is 18.0 Å². The van der Waals surface area contributed by atoms with Crippen molar-refractivity contribution in [2.45, 2.75) is 33.8 Å². The molecule has 0 spiro atoms. The molecule has 146 valence electrons. The Bertz CT molecular complexity index is 1020. The fraction of sp³-hybridized carbons (Fsp3) is 0.300. The molecule has 1 amide bonds. The summed E-state index contributed by atoms with van der Waals surface area (Å²) in [5.41, 5.74) is 3.57. The maximum Gasteiger partial charge on any atom is 0.351 e. The van der Waals surface area contributed by atoms with Gasteiger partial charge in [-0.15, -0.1) is 11.3 Å². The van der Waals surface area contributed by atoms with Crippen molar-refractivity contribution >= 4 is 28.9 Å². The molecule has 28 heavy (non-hydrogen) atoms. The van der Waals surface area contributed by atoms with Gasteiger partial charge in [0.15, 0.2) is 6.10 Å². The molecule has 0 saturated heterocycles. The second-order valence-electron chi connectivity index (χ2n) is 6.48. The van der Waals surface area contributed by atoms with E-state index in [1.165, 1.54) is 11.3 Å². The van der Waals surface area contributed by atoms with E-state index in [0.29, 0.717) is 22.0 Å². The Hall–Kier alpha value is -3.00. The van der Waals surface area contributed by atoms with Crippen LogP contribution in [0.3, 0.4) is 0 Å². The summed E-state index contributed by atoms with van der Waals surface area (Å²) in [6.07, 6.45) is -0.961. The number of ether oxygens (including phenoxy) is 1. The van der Waals surface area contributed by atoms with Crippen LogP contribution < -0.4 is 5.32 Å². The van der Waals surface area contributed by atoms with E-state index in [0.717, 1.165) is 16.3 Å². The van der Waals surface area contributed by atoms with Crippen LogP contribution in [0.15, 0.2) is 30.3 Å². The maximum atomic E-state index is 12.7. The maximum absolute atomic E-state index is 12.7. The van der Waals surface area contributed by atoms with Crippen LogP contribution in [0.5, 0.6) is 0 Å². The van der Waals surface area contributed by atoms with E-state index in [4.69, 9.17) is 4.74 Å². The molecular weight excluding hydrogens is 376 g/mol. The average Bonchev–Trinajstić information content (AvgIpc) is 3.17. The number of nitrogens with one attached hydrogen (secondary N) is 1. The van der Waals surface area contributed by atoms with Gasteiger partial charge in [0.25, 0.3) is 5.91 Å². The van der Waals surface area contributed by atoms with Crippen LogP contribution in [0.4, 0.5) is 5.69 Å². The zero-order chi connectivity index (χ0) is 20.4. The summed E-state index contributed by atoms with van der Waals surface area (Å²) in [6, 6.07) is 9.43. The highest BCUT2D eigenvalue weighted by Crippen LogP contribution is 2.29. The second-order valence-corrected chi connectivity index (χ2v) is 7.69. The van der Waals surface area contributed by atoms with Crippen molar-refractivity contribution in [3.05, 3.63) is 51.6 Å². The number of carbonyl (C=O) groups excluding carboxylic acids is 2. The quantitative estimate of drug-likeness (QED) is 0.663. The lowest BCUT2D eigenvalue weighted by molar-refractivity contribution is -0.123. The molecule has 0 aliphatic carbocycles. The van der Waals surface area contributed by atoms with Crippen molar-refractivity contribution in [1.82, 2.24) is 14.8 Å². The van der Waals surface area contributed by atoms with Gasteiger partial charge in [0.2, 0.25) is 0 Å². The summed E-state index contributed by atoms with van der Waals surface area (Å²) in [5.74, 6) is -0.971. The van der Waals surface area contributed by atoms with Crippen molar-refractivity contribution in [1.29, 1.82) is 0 Å². The number of hydrogen-bond acceptors (Lipinski definition) is 6. The number of nitrogens with zero attached hydrogens (tertiary/aromatic N) is 3. The summed E-state index contributed by atoms with van der Waals surface area (Å²) in [7, 11) is 1.80. The van der Waals surface area contributed by atoms with E-state index >= 15 is 0 Å². The Balaban J connectivity index is 1.75. The molecule has 1 atom stereocenters. The Labute approximate surface area is 167 Å². The number of rotatable bonds is 5. The van der Waals surface area contributed by atoms with E-state index in [1.807, 2.05) is 51.1 Å². The molecule has 8 heteroatoms. The van der Waals surface area contributed by atoms with Gasteiger partial charge in [0, 0.05) is 12.6 Å². The highest BCUT2D eigenvalue weighted by atomic mass is 32.1. The Kier molecular flexibility index (Phi) is 5.60. The highest BCUT2D eigenvalue weighted by molar-refractivity contribution is 7.14. The van der Waals surface area contributed by atoms with Gasteiger partial charge in [-0.2, -0.15) is 5.10 Å². The first-order valence-corrected chi connectivity index (χ1v) is 9.64. The molecule has 3 rings (SSSR count). The number of benzene rings is 1. The third-order valence-corrected chi connectivity index (χ3v) is 5.33. The van der Waals surface area contributed by atoms with Crippen LogP contribution in [0.2, 0.25) is 0 Å². The molecule has 0 aliphatic heterocycles. The van der Waals surface area contributed by atoms with Crippen molar-refractivity contribution in [2.24, 2.45) is 7.05 Å². The highest BCUT2D eigenvalue weighted by Gasteiger charge is 2.25. The molecule has 0 fully saturated rings. The molecular formula is C20H22N4O3S. The lowest BCUT2D eigenvalue weighted by Crippen LogP contribution is -2.30. The fourth-order valence-corrected chi connectivity index (χ4v) is 3.63. The van der Waals surface area contributed by atoms with Gasteiger partial charge in [-0.05, 0) is 27.7 Å². The van der Waals surface area contributed by atoms with E-state index in [1.54, 1.807) is 18.7 Å². The average molecular weight is 398 g/mol. The van der Waals surface area contributed by atoms with E-state index in [-0.39, 0.29) is 0 Å². The minimum Gasteiger partial charge on any atom is -0.448 e. The predicted molar refractivity (Wildman–Crippen MR) is 108 cm³/mol. The van der Waals surface area contributed by atoms with Gasteiger partial charge < -0.3 is 10.1 Å². The second kappa shape index (κ2) is 7.93. The monoisotopic (exact) mass is 398 g/mol. The SMILES string of the molecule is Cc1nc(-c2ccccc2)c(C(=O)O[C@H](C)C(=O)Nc2c(C)nn(C)c2C)s1. The van der Waals surface area contributed by atoms with Gasteiger partial charge >= 0.3 is 5.97 Å². The van der Waals surface area contributed by atoms with Crippen molar-refractivity contribution < 1.29 is 14.3 Å². The number of thiazole rings is 1. The molecule has 7 nitrogen and oxygen atoms in total. The normalized spacial score (nSPS) is 11.9. The number of carbonyl (C=O) groups is 2. The first kappa shape index (κ1) is 19.8. The molecule has 1 N–H and O–H groups in total. The largest absolute Gasteiger partial charge is 0.448 e. The van der Waals surface area contributed by atoms with Crippen molar-refractivity contribution in [3.63, 3.8) is 0 Å². The first-order chi connectivity index (χ1) is 13.3. The van der Waals surface area contributed by atoms with Crippen molar-refractivity contribution in [3.8, 4) is 11.3 Å². The molecule has 0 saturated carbocycles. The number of anilines is 1. The minimum absolute atomic E-state index is 0.386. The molecule has 0 unspecified atom stereocenters. The molecule has 2 aromatic heterocycles. The molecule has 2 heterocycles. The van der Waals surface area contributed by atoms with Gasteiger partial charge in [0.1, 0.15) is 4.88 Å². The Morgan fingerprint density at radius 2 is 1.86 bits per heavy atom. The summed E-state index contributed by atoms with van der Waals surface area (Å²) >= 11 is 1.25. The number of hydrogen-bond donors (Lipinski definition) is 1. The number of aryl methyl sites for hydroxylation is 3. The van der Waals surface area contributed by atoms with Crippen LogP contribution in [0.25, 0.3) is 11.3 Å². The van der Waals surface area contributed by atoms with Crippen LogP contribution >= 0.6 is 11.3 Å². The van der Waals surface area contributed by atoms with Crippen LogP contribution in [-0.4, -0.2) is 32.7 Å². The smallest absolute Gasteiger partial charge is 0.351 e. The lowest BCUT2D eigenvalue weighted by atomic mass is 10.1. The molecule has 0 aliphatic rings. The molecule has 0 bridgehead atoms. The summed E-state index contributed by atoms with van der Waals surface area (Å²) < 4.78 is 7.11. The molecule has 1 aromatic carbocycles. The number of esters is 1. The summed E-state index contributed by atoms with van der Waals surface area (Å²) in [5, 5.41) is 7.82. The topological polar surface area (TPSA) is 86.1 Å². The van der Waals surface area contributed by atoms with Gasteiger partial charge in [-0.3, -0.25) is 9.48 Å². The Morgan fingerprint density at radius 3 is 2.46 bits per heavy atom. The number of amides is 1. The third kappa shape index (κ3) is 3.96. The van der Waals surface area contributed by atoms with Gasteiger partial charge in [0.05, 0.1) is 27.8 Å². The van der Waals surface area contributed by atoms with Crippen LogP contribution in [-0.2, 0) is 16.6 Å². The fourth-order valence-electron chi connectivity index (χ4n) is 2.80. The molecule has 0 radical (unpaired) electrons. The summed E-state index contributed by atoms with van der Waals surface area (Å²) in [4.78, 5) is 30.1. The van der Waals surface area contributed by atoms with Gasteiger partial charge in [-0.25, -0.2) is 9.78 Å². The van der Waals surface area contributed by atoms with E-state index in [9.17, 15) is 9.59 Å². The minimum atomic E-state index is -0.961.